The van der Waals surface area contributed by atoms with E-state index in [9.17, 15) is 4.79 Å². The maximum absolute atomic E-state index is 12.4. The largest absolute Gasteiger partial charge is 0.461 e. The molecule has 2 atom stereocenters. The minimum atomic E-state index is -0.145. The monoisotopic (exact) mass is 276 g/mol. The van der Waals surface area contributed by atoms with E-state index in [1.165, 1.54) is 0 Å². The van der Waals surface area contributed by atoms with Gasteiger partial charge in [-0.2, -0.15) is 0 Å². The van der Waals surface area contributed by atoms with Gasteiger partial charge in [-0.05, 0) is 26.0 Å². The molecule has 1 aliphatic rings. The van der Waals surface area contributed by atoms with Gasteiger partial charge in [-0.15, -0.1) is 0 Å². The first kappa shape index (κ1) is 12.9. The lowest BCUT2D eigenvalue weighted by Crippen LogP contribution is -2.48. The Morgan fingerprint density at radius 1 is 1.30 bits per heavy atom. The normalized spacial score (nSPS) is 23.0. The van der Waals surface area contributed by atoms with Crippen LogP contribution in [0.2, 0.25) is 0 Å². The first-order chi connectivity index (χ1) is 9.63. The number of nitrogens with zero attached hydrogens (tertiary/aromatic N) is 2. The number of carbonyl (C=O) groups excluding carboxylic acids is 1. The van der Waals surface area contributed by atoms with Gasteiger partial charge in [0.15, 0.2) is 11.5 Å². The second kappa shape index (κ2) is 5.13. The topological polar surface area (TPSA) is 68.7 Å². The van der Waals surface area contributed by atoms with Crippen molar-refractivity contribution in [2.24, 2.45) is 0 Å². The number of carbonyl (C=O) groups is 1. The molecule has 0 saturated carbocycles. The van der Waals surface area contributed by atoms with Gasteiger partial charge in [0.2, 0.25) is 5.76 Å². The van der Waals surface area contributed by atoms with Gasteiger partial charge < -0.3 is 18.6 Å². The highest BCUT2D eigenvalue weighted by molar-refractivity contribution is 5.93. The molecule has 6 heteroatoms. The SMILES string of the molecule is C[C@H]1CN(C(=O)c2cc(-c3ccco3)on2)C[C@H](C)O1. The molecule has 3 rings (SSSR count). The van der Waals surface area contributed by atoms with Crippen LogP contribution >= 0.6 is 0 Å². The van der Waals surface area contributed by atoms with Crippen molar-refractivity contribution in [2.45, 2.75) is 26.1 Å². The van der Waals surface area contributed by atoms with Gasteiger partial charge in [-0.3, -0.25) is 4.79 Å². The number of ether oxygens (including phenoxy) is 1. The Balaban J connectivity index is 1.77. The van der Waals surface area contributed by atoms with Crippen LogP contribution in [0.1, 0.15) is 24.3 Å². The maximum atomic E-state index is 12.4. The quantitative estimate of drug-likeness (QED) is 0.841. The van der Waals surface area contributed by atoms with Crippen molar-refractivity contribution in [3.8, 4) is 11.5 Å². The smallest absolute Gasteiger partial charge is 0.276 e. The number of furan rings is 1. The van der Waals surface area contributed by atoms with E-state index in [2.05, 4.69) is 5.16 Å². The maximum Gasteiger partial charge on any atom is 0.276 e. The molecule has 3 heterocycles. The molecule has 1 fully saturated rings. The number of aromatic nitrogens is 1. The molecule has 1 amide bonds. The Morgan fingerprint density at radius 3 is 2.70 bits per heavy atom. The molecule has 0 bridgehead atoms. The summed E-state index contributed by atoms with van der Waals surface area (Å²) in [6, 6.07) is 5.12. The molecular formula is C14H16N2O4. The highest BCUT2D eigenvalue weighted by Gasteiger charge is 2.28. The van der Waals surface area contributed by atoms with Gasteiger partial charge >= 0.3 is 0 Å². The summed E-state index contributed by atoms with van der Waals surface area (Å²) in [6.07, 6.45) is 1.60. The summed E-state index contributed by atoms with van der Waals surface area (Å²) in [5.74, 6) is 0.863. The zero-order valence-electron chi connectivity index (χ0n) is 11.4. The molecule has 0 aliphatic carbocycles. The minimum Gasteiger partial charge on any atom is -0.461 e. The van der Waals surface area contributed by atoms with E-state index in [4.69, 9.17) is 13.7 Å². The van der Waals surface area contributed by atoms with E-state index in [0.717, 1.165) is 0 Å². The van der Waals surface area contributed by atoms with Crippen LogP contribution in [0, 0.1) is 0 Å². The molecule has 20 heavy (non-hydrogen) atoms. The van der Waals surface area contributed by atoms with Crippen LogP contribution in [-0.4, -0.2) is 41.3 Å². The summed E-state index contributed by atoms with van der Waals surface area (Å²) in [6.45, 7) is 5.03. The Bertz CT molecular complexity index is 580. The summed E-state index contributed by atoms with van der Waals surface area (Å²) < 4.78 is 16.0. The van der Waals surface area contributed by atoms with Crippen molar-refractivity contribution in [3.05, 3.63) is 30.2 Å². The Morgan fingerprint density at radius 2 is 2.05 bits per heavy atom. The first-order valence-corrected chi connectivity index (χ1v) is 6.59. The molecule has 0 aromatic carbocycles. The van der Waals surface area contributed by atoms with Crippen molar-refractivity contribution >= 4 is 5.91 Å². The average molecular weight is 276 g/mol. The predicted octanol–water partition coefficient (Wildman–Crippen LogP) is 2.18. The highest BCUT2D eigenvalue weighted by atomic mass is 16.5. The van der Waals surface area contributed by atoms with E-state index in [1.54, 1.807) is 29.4 Å². The zero-order chi connectivity index (χ0) is 14.1. The van der Waals surface area contributed by atoms with Crippen LogP contribution in [0.15, 0.2) is 33.4 Å². The fraction of sp³-hybridized carbons (Fsp3) is 0.429. The van der Waals surface area contributed by atoms with Crippen LogP contribution in [0.4, 0.5) is 0 Å². The van der Waals surface area contributed by atoms with Crippen molar-refractivity contribution in [2.75, 3.05) is 13.1 Å². The average Bonchev–Trinajstić information content (AvgIpc) is 3.07. The summed E-state index contributed by atoms with van der Waals surface area (Å²) in [7, 11) is 0. The van der Waals surface area contributed by atoms with Crippen molar-refractivity contribution in [1.82, 2.24) is 10.1 Å². The van der Waals surface area contributed by atoms with Crippen molar-refractivity contribution < 1.29 is 18.5 Å². The Hall–Kier alpha value is -2.08. The molecule has 106 valence electrons. The van der Waals surface area contributed by atoms with Gasteiger partial charge in [-0.1, -0.05) is 5.16 Å². The van der Waals surface area contributed by atoms with Crippen LogP contribution in [0.5, 0.6) is 0 Å². The van der Waals surface area contributed by atoms with E-state index in [0.29, 0.717) is 24.6 Å². The van der Waals surface area contributed by atoms with Gasteiger partial charge in [0.25, 0.3) is 5.91 Å². The van der Waals surface area contributed by atoms with E-state index < -0.39 is 0 Å². The third-order valence-electron chi connectivity index (χ3n) is 3.20. The molecule has 1 saturated heterocycles. The first-order valence-electron chi connectivity index (χ1n) is 6.59. The van der Waals surface area contributed by atoms with Crippen LogP contribution in [0.3, 0.4) is 0 Å². The molecule has 2 aromatic rings. The molecule has 0 unspecified atom stereocenters. The minimum absolute atomic E-state index is 0.0270. The van der Waals surface area contributed by atoms with Crippen molar-refractivity contribution in [1.29, 1.82) is 0 Å². The molecule has 0 radical (unpaired) electrons. The summed E-state index contributed by atoms with van der Waals surface area (Å²) in [5.41, 5.74) is 0.290. The zero-order valence-corrected chi connectivity index (χ0v) is 11.4. The fourth-order valence-electron chi connectivity index (χ4n) is 2.42. The van der Waals surface area contributed by atoms with Gasteiger partial charge in [0.05, 0.1) is 18.5 Å². The van der Waals surface area contributed by atoms with Crippen molar-refractivity contribution in [3.63, 3.8) is 0 Å². The molecule has 1 aliphatic heterocycles. The third-order valence-corrected chi connectivity index (χ3v) is 3.20. The molecule has 0 N–H and O–H groups in total. The van der Waals surface area contributed by atoms with Crippen LogP contribution in [-0.2, 0) is 4.74 Å². The standard InChI is InChI=1S/C14H16N2O4/c1-9-7-16(8-10(2)19-9)14(17)11-6-13(20-15-11)12-4-3-5-18-12/h3-6,9-10H,7-8H2,1-2H3/t9-,10-/m0/s1. The summed E-state index contributed by atoms with van der Waals surface area (Å²) >= 11 is 0. The Kier molecular flexibility index (Phi) is 3.31. The second-order valence-corrected chi connectivity index (χ2v) is 5.02. The third kappa shape index (κ3) is 2.46. The summed E-state index contributed by atoms with van der Waals surface area (Å²) in [4.78, 5) is 14.1. The number of rotatable bonds is 2. The lowest BCUT2D eigenvalue weighted by atomic mass is 10.2. The summed E-state index contributed by atoms with van der Waals surface area (Å²) in [5, 5.41) is 3.83. The van der Waals surface area contributed by atoms with E-state index in [1.807, 2.05) is 13.8 Å². The Labute approximate surface area is 116 Å². The highest BCUT2D eigenvalue weighted by Crippen LogP contribution is 2.22. The molecule has 0 spiro atoms. The fourth-order valence-corrected chi connectivity index (χ4v) is 2.42. The lowest BCUT2D eigenvalue weighted by Gasteiger charge is -2.34. The van der Waals surface area contributed by atoms with E-state index >= 15 is 0 Å². The number of amides is 1. The molecular weight excluding hydrogens is 260 g/mol. The number of hydrogen-bond acceptors (Lipinski definition) is 5. The lowest BCUT2D eigenvalue weighted by molar-refractivity contribution is -0.0588. The second-order valence-electron chi connectivity index (χ2n) is 5.02. The van der Waals surface area contributed by atoms with E-state index in [-0.39, 0.29) is 23.8 Å². The molecule has 6 nitrogen and oxygen atoms in total. The van der Waals surface area contributed by atoms with Gasteiger partial charge in [0, 0.05) is 19.2 Å². The number of hydrogen-bond donors (Lipinski definition) is 0. The van der Waals surface area contributed by atoms with Crippen LogP contribution in [0.25, 0.3) is 11.5 Å². The van der Waals surface area contributed by atoms with Crippen LogP contribution < -0.4 is 0 Å². The van der Waals surface area contributed by atoms with Gasteiger partial charge in [0.1, 0.15) is 0 Å². The molecule has 2 aromatic heterocycles. The number of morpholine rings is 1. The van der Waals surface area contributed by atoms with Gasteiger partial charge in [-0.25, -0.2) is 0 Å². The predicted molar refractivity (Wildman–Crippen MR) is 70.1 cm³/mol.